The van der Waals surface area contributed by atoms with E-state index in [0.717, 1.165) is 0 Å². The van der Waals surface area contributed by atoms with Gasteiger partial charge in [-0.15, -0.1) is 0 Å². The molecule has 0 heterocycles. The summed E-state index contributed by atoms with van der Waals surface area (Å²) in [4.78, 5) is 21.6. The van der Waals surface area contributed by atoms with E-state index < -0.39 is 7.82 Å². The number of hydrogen-bond donors (Lipinski definition) is 4. The van der Waals surface area contributed by atoms with Crippen molar-refractivity contribution < 1.29 is 46.5 Å². The fraction of sp³-hybridized carbons (Fsp3) is 0. The molecule has 0 aliphatic rings. The molecule has 0 fully saturated rings. The molecule has 0 saturated heterocycles. The van der Waals surface area contributed by atoms with Crippen LogP contribution in [-0.2, 0) is 31.9 Å². The van der Waals surface area contributed by atoms with Gasteiger partial charge in [0, 0.05) is 27.3 Å². The molecule has 0 amide bonds. The molecule has 0 saturated carbocycles. The zero-order chi connectivity index (χ0) is 4.50. The molecule has 0 aromatic heterocycles. The topological polar surface area (TPSA) is 113 Å². The maximum absolute atomic E-state index is 8.88. The molecular formula is H6CdNO4P. The van der Waals surface area contributed by atoms with Crippen molar-refractivity contribution in [2.24, 2.45) is 0 Å². The molecule has 42 valence electrons. The van der Waals surface area contributed by atoms with Crippen molar-refractivity contribution in [3.05, 3.63) is 0 Å². The second-order valence-corrected chi connectivity index (χ2v) is 1.54. The molecule has 7 heteroatoms. The Morgan fingerprint density at radius 3 is 1.14 bits per heavy atom. The van der Waals surface area contributed by atoms with Gasteiger partial charge >= 0.3 is 7.82 Å². The molecule has 0 aromatic carbocycles. The van der Waals surface area contributed by atoms with Crippen molar-refractivity contribution in [2.45, 2.75) is 0 Å². The van der Waals surface area contributed by atoms with Crippen LogP contribution in [0.15, 0.2) is 0 Å². The van der Waals surface area contributed by atoms with Crippen LogP contribution in [0, 0.1) is 0 Å². The molecule has 7 heavy (non-hydrogen) atoms. The zero-order valence-corrected chi connectivity index (χ0v) is 8.54. The molecule has 0 aromatic rings. The van der Waals surface area contributed by atoms with Crippen molar-refractivity contribution in [3.63, 3.8) is 0 Å². The van der Waals surface area contributed by atoms with Gasteiger partial charge in [-0.2, -0.15) is 0 Å². The van der Waals surface area contributed by atoms with Gasteiger partial charge in [0.25, 0.3) is 0 Å². The molecule has 0 bridgehead atoms. The molecule has 5 nitrogen and oxygen atoms in total. The van der Waals surface area contributed by atoms with Crippen molar-refractivity contribution in [1.82, 2.24) is 6.15 Å². The van der Waals surface area contributed by atoms with Crippen LogP contribution in [0.25, 0.3) is 0 Å². The molecule has 0 rings (SSSR count). The van der Waals surface area contributed by atoms with Crippen LogP contribution in [0.1, 0.15) is 0 Å². The van der Waals surface area contributed by atoms with Crippen molar-refractivity contribution >= 4 is 7.82 Å². The van der Waals surface area contributed by atoms with Crippen molar-refractivity contribution in [1.29, 1.82) is 0 Å². The molecule has 6 N–H and O–H groups in total. The molecule has 0 spiro atoms. The largest absolute Gasteiger partial charge is 0.466 e. The Hall–Kier alpha value is 0.992. The minimum Gasteiger partial charge on any atom is -0.344 e. The Bertz CT molecular complexity index is 57.8. The number of rotatable bonds is 0. The van der Waals surface area contributed by atoms with Gasteiger partial charge in [-0.1, -0.05) is 0 Å². The van der Waals surface area contributed by atoms with E-state index in [-0.39, 0.29) is 33.4 Å². The molecule has 0 aliphatic carbocycles. The Morgan fingerprint density at radius 1 is 1.14 bits per heavy atom. The Morgan fingerprint density at radius 2 is 1.14 bits per heavy atom. The summed E-state index contributed by atoms with van der Waals surface area (Å²) in [7, 11) is -4.64. The van der Waals surface area contributed by atoms with E-state index in [1.165, 1.54) is 0 Å². The van der Waals surface area contributed by atoms with Gasteiger partial charge < -0.3 is 20.8 Å². The van der Waals surface area contributed by atoms with Crippen LogP contribution in [0.5, 0.6) is 0 Å². The fourth-order valence-corrected chi connectivity index (χ4v) is 0. The van der Waals surface area contributed by atoms with Crippen LogP contribution < -0.4 is 6.15 Å². The van der Waals surface area contributed by atoms with Gasteiger partial charge in [-0.05, 0) is 0 Å². The summed E-state index contributed by atoms with van der Waals surface area (Å²) in [6, 6.07) is 0. The zero-order valence-electron chi connectivity index (χ0n) is 3.61. The van der Waals surface area contributed by atoms with E-state index in [1.807, 2.05) is 0 Å². The Kier molecular flexibility index (Phi) is 11.5. The van der Waals surface area contributed by atoms with E-state index in [2.05, 4.69) is 0 Å². The van der Waals surface area contributed by atoms with E-state index in [9.17, 15) is 0 Å². The maximum Gasteiger partial charge on any atom is 0.466 e. The summed E-state index contributed by atoms with van der Waals surface area (Å²) >= 11 is 0. The van der Waals surface area contributed by atoms with Crippen LogP contribution in [0.2, 0.25) is 0 Å². The van der Waals surface area contributed by atoms with E-state index >= 15 is 0 Å². The third kappa shape index (κ3) is 177. The number of phosphoric acid groups is 1. The normalized spacial score (nSPS) is 8.43. The summed E-state index contributed by atoms with van der Waals surface area (Å²) in [6.45, 7) is 0. The summed E-state index contributed by atoms with van der Waals surface area (Å²) in [6.07, 6.45) is 0. The summed E-state index contributed by atoms with van der Waals surface area (Å²) in [5.74, 6) is 0. The minimum atomic E-state index is -4.64. The van der Waals surface area contributed by atoms with Gasteiger partial charge in [0.05, 0.1) is 0 Å². The van der Waals surface area contributed by atoms with Crippen molar-refractivity contribution in [2.75, 3.05) is 0 Å². The predicted octanol–water partition coefficient (Wildman–Crippen LogP) is -0.769. The Labute approximate surface area is 60.7 Å². The molecule has 0 unspecified atom stereocenters. The molecular weight excluding hydrogens is 221 g/mol. The molecule has 0 radical (unpaired) electrons. The smallest absolute Gasteiger partial charge is 0.344 e. The first-order valence-electron chi connectivity index (χ1n) is 0.783. The predicted molar refractivity (Wildman–Crippen MR) is 19.3 cm³/mol. The average Bonchev–Trinajstić information content (AvgIpc) is 0.722. The van der Waals surface area contributed by atoms with Crippen LogP contribution in [0.3, 0.4) is 0 Å². The summed E-state index contributed by atoms with van der Waals surface area (Å²) in [5.41, 5.74) is 0. The second kappa shape index (κ2) is 5.14. The van der Waals surface area contributed by atoms with Crippen LogP contribution in [0.4, 0.5) is 0 Å². The van der Waals surface area contributed by atoms with Gasteiger partial charge in [0.2, 0.25) is 0 Å². The van der Waals surface area contributed by atoms with Gasteiger partial charge in [-0.3, -0.25) is 0 Å². The molecule has 0 aliphatic heterocycles. The quantitative estimate of drug-likeness (QED) is 0.321. The third-order valence-corrected chi connectivity index (χ3v) is 0. The fourth-order valence-electron chi connectivity index (χ4n) is 0. The van der Waals surface area contributed by atoms with Crippen LogP contribution >= 0.6 is 7.82 Å². The number of hydrogen-bond acceptors (Lipinski definition) is 2. The van der Waals surface area contributed by atoms with Gasteiger partial charge in [0.15, 0.2) is 0 Å². The first-order chi connectivity index (χ1) is 2.00. The SMILES string of the molecule is N.O=P(O)(O)O.[Cd]. The Balaban J connectivity index is -0.0000000800. The van der Waals surface area contributed by atoms with Crippen molar-refractivity contribution in [3.8, 4) is 0 Å². The average molecular weight is 227 g/mol. The van der Waals surface area contributed by atoms with E-state index in [1.54, 1.807) is 0 Å². The van der Waals surface area contributed by atoms with Crippen LogP contribution in [-0.4, -0.2) is 14.7 Å². The molecule has 0 atom stereocenters. The maximum atomic E-state index is 8.88. The van der Waals surface area contributed by atoms with Gasteiger partial charge in [0.1, 0.15) is 0 Å². The second-order valence-electron chi connectivity index (χ2n) is 0.513. The third-order valence-electron chi connectivity index (χ3n) is 0. The van der Waals surface area contributed by atoms with E-state index in [4.69, 9.17) is 19.2 Å². The monoisotopic (exact) mass is 229 g/mol. The minimum absolute atomic E-state index is 0. The summed E-state index contributed by atoms with van der Waals surface area (Å²) < 4.78 is 8.88. The summed E-state index contributed by atoms with van der Waals surface area (Å²) in [5, 5.41) is 0. The first kappa shape index (κ1) is 15.7. The van der Waals surface area contributed by atoms with E-state index in [0.29, 0.717) is 0 Å². The van der Waals surface area contributed by atoms with Gasteiger partial charge in [-0.25, -0.2) is 4.57 Å². The first-order valence-corrected chi connectivity index (χ1v) is 2.35. The standard InChI is InChI=1S/Cd.H3N.H3O4P/c;;1-5(2,3)4/h;1H3;(H3,1,2,3,4).